The lowest BCUT2D eigenvalue weighted by molar-refractivity contribution is -0.116. The van der Waals surface area contributed by atoms with Gasteiger partial charge in [0.25, 0.3) is 0 Å². The van der Waals surface area contributed by atoms with Gasteiger partial charge in [0.2, 0.25) is 5.91 Å². The molecular formula is C15H19ClN4OS. The summed E-state index contributed by atoms with van der Waals surface area (Å²) in [7, 11) is 0. The lowest BCUT2D eigenvalue weighted by Gasteiger charge is -2.18. The normalized spacial score (nSPS) is 14.5. The van der Waals surface area contributed by atoms with Gasteiger partial charge in [-0.25, -0.2) is 4.98 Å². The van der Waals surface area contributed by atoms with Crippen molar-refractivity contribution >= 4 is 34.7 Å². The zero-order valence-electron chi connectivity index (χ0n) is 12.7. The van der Waals surface area contributed by atoms with Gasteiger partial charge >= 0.3 is 0 Å². The number of rotatable bonds is 6. The molecule has 118 valence electrons. The van der Waals surface area contributed by atoms with E-state index in [1.165, 1.54) is 17.8 Å². The van der Waals surface area contributed by atoms with Crippen LogP contribution in [0.2, 0.25) is 0 Å². The minimum absolute atomic E-state index is 0.0528. The average molecular weight is 339 g/mol. The van der Waals surface area contributed by atoms with Crippen molar-refractivity contribution in [3.63, 3.8) is 0 Å². The molecule has 0 bridgehead atoms. The Kier molecular flexibility index (Phi) is 4.49. The summed E-state index contributed by atoms with van der Waals surface area (Å²) in [5, 5.41) is 5.66. The topological polar surface area (TPSA) is 51.0 Å². The van der Waals surface area contributed by atoms with E-state index in [4.69, 9.17) is 11.6 Å². The van der Waals surface area contributed by atoms with Gasteiger partial charge < -0.3 is 0 Å². The molecule has 22 heavy (non-hydrogen) atoms. The first-order chi connectivity index (χ1) is 10.6. The first kappa shape index (κ1) is 15.5. The Bertz CT molecular complexity index is 662. The van der Waals surface area contributed by atoms with Gasteiger partial charge in [-0.15, -0.1) is 22.9 Å². The summed E-state index contributed by atoms with van der Waals surface area (Å²) in [5.41, 5.74) is 0. The largest absolute Gasteiger partial charge is 0.289 e. The Morgan fingerprint density at radius 3 is 2.91 bits per heavy atom. The van der Waals surface area contributed by atoms with Crippen molar-refractivity contribution in [2.75, 3.05) is 10.8 Å². The summed E-state index contributed by atoms with van der Waals surface area (Å²) in [6.07, 6.45) is 6.22. The molecular weight excluding hydrogens is 320 g/mol. The number of carbonyl (C=O) groups excluding carboxylic acids is 1. The van der Waals surface area contributed by atoms with Crippen LogP contribution in [-0.2, 0) is 11.3 Å². The van der Waals surface area contributed by atoms with Crippen LogP contribution in [0.5, 0.6) is 0 Å². The van der Waals surface area contributed by atoms with Crippen LogP contribution >= 0.6 is 22.9 Å². The summed E-state index contributed by atoms with van der Waals surface area (Å²) in [5.74, 6) is 1.08. The van der Waals surface area contributed by atoms with Crippen LogP contribution in [0.25, 0.3) is 0 Å². The second kappa shape index (κ2) is 6.38. The van der Waals surface area contributed by atoms with E-state index in [0.717, 1.165) is 4.88 Å². The Labute approximate surface area is 138 Å². The van der Waals surface area contributed by atoms with Crippen LogP contribution < -0.4 is 4.90 Å². The van der Waals surface area contributed by atoms with E-state index >= 15 is 0 Å². The van der Waals surface area contributed by atoms with Crippen LogP contribution in [0.15, 0.2) is 18.5 Å². The van der Waals surface area contributed by atoms with Gasteiger partial charge in [-0.2, -0.15) is 5.10 Å². The molecule has 0 unspecified atom stereocenters. The molecule has 0 spiro atoms. The number of hydrogen-bond donors (Lipinski definition) is 0. The van der Waals surface area contributed by atoms with E-state index in [1.807, 2.05) is 23.1 Å². The number of amides is 1. The van der Waals surface area contributed by atoms with E-state index in [0.29, 0.717) is 18.3 Å². The standard InChI is InChI=1S/C15H19ClN4OS/c1-10(2)20-6-5-13(18-20)19(14(21)7-16)9-12-8-17-15(22-12)11-3-4-11/h5-6,8,10-11H,3-4,7,9H2,1-2H3. The molecule has 1 amide bonds. The zero-order chi connectivity index (χ0) is 15.7. The quantitative estimate of drug-likeness (QED) is 0.756. The van der Waals surface area contributed by atoms with Gasteiger partial charge in [0.1, 0.15) is 5.88 Å². The fourth-order valence-corrected chi connectivity index (χ4v) is 3.42. The predicted octanol–water partition coefficient (Wildman–Crippen LogP) is 3.57. The Morgan fingerprint density at radius 2 is 2.32 bits per heavy atom. The fraction of sp³-hybridized carbons (Fsp3) is 0.533. The monoisotopic (exact) mass is 338 g/mol. The summed E-state index contributed by atoms with van der Waals surface area (Å²) in [6, 6.07) is 2.11. The van der Waals surface area contributed by atoms with E-state index in [-0.39, 0.29) is 17.8 Å². The van der Waals surface area contributed by atoms with Crippen LogP contribution in [0.1, 0.15) is 48.5 Å². The highest BCUT2D eigenvalue weighted by Crippen LogP contribution is 2.42. The van der Waals surface area contributed by atoms with E-state index in [9.17, 15) is 4.79 Å². The molecule has 5 nitrogen and oxygen atoms in total. The molecule has 0 radical (unpaired) electrons. The van der Waals surface area contributed by atoms with Gasteiger partial charge in [-0.1, -0.05) is 0 Å². The summed E-state index contributed by atoms with van der Waals surface area (Å²) in [6.45, 7) is 4.58. The molecule has 3 rings (SSSR count). The van der Waals surface area contributed by atoms with Crippen LogP contribution in [0.3, 0.4) is 0 Å². The van der Waals surface area contributed by atoms with Crippen molar-refractivity contribution in [2.45, 2.75) is 45.2 Å². The molecule has 1 aliphatic rings. The third kappa shape index (κ3) is 3.33. The molecule has 2 aromatic rings. The third-order valence-corrected chi connectivity index (χ3v) is 5.00. The number of thiazole rings is 1. The smallest absolute Gasteiger partial charge is 0.243 e. The Balaban J connectivity index is 1.80. The fourth-order valence-electron chi connectivity index (χ4n) is 2.20. The maximum absolute atomic E-state index is 12.2. The molecule has 0 aromatic carbocycles. The molecule has 0 aliphatic heterocycles. The summed E-state index contributed by atoms with van der Waals surface area (Å²) < 4.78 is 1.84. The van der Waals surface area contributed by atoms with Crippen molar-refractivity contribution in [1.82, 2.24) is 14.8 Å². The van der Waals surface area contributed by atoms with Gasteiger partial charge in [-0.3, -0.25) is 14.4 Å². The van der Waals surface area contributed by atoms with E-state index in [2.05, 4.69) is 23.9 Å². The third-order valence-electron chi connectivity index (χ3n) is 3.63. The Morgan fingerprint density at radius 1 is 1.55 bits per heavy atom. The molecule has 2 aromatic heterocycles. The summed E-state index contributed by atoms with van der Waals surface area (Å²) in [4.78, 5) is 19.3. The maximum atomic E-state index is 12.2. The van der Waals surface area contributed by atoms with Crippen molar-refractivity contribution in [3.05, 3.63) is 28.3 Å². The predicted molar refractivity (Wildman–Crippen MR) is 88.6 cm³/mol. The van der Waals surface area contributed by atoms with Crippen LogP contribution in [-0.4, -0.2) is 26.6 Å². The first-order valence-electron chi connectivity index (χ1n) is 7.44. The number of hydrogen-bond acceptors (Lipinski definition) is 4. The molecule has 1 aliphatic carbocycles. The summed E-state index contributed by atoms with van der Waals surface area (Å²) >= 11 is 7.44. The number of alkyl halides is 1. The molecule has 0 saturated heterocycles. The van der Waals surface area contributed by atoms with Gasteiger partial charge in [0.15, 0.2) is 5.82 Å². The molecule has 1 fully saturated rings. The second-order valence-corrected chi connectivity index (χ2v) is 7.21. The molecule has 7 heteroatoms. The minimum atomic E-state index is -0.142. The lowest BCUT2D eigenvalue weighted by Crippen LogP contribution is -2.31. The number of carbonyl (C=O) groups is 1. The minimum Gasteiger partial charge on any atom is -0.289 e. The molecule has 0 atom stereocenters. The lowest BCUT2D eigenvalue weighted by atomic mass is 10.4. The Hall–Kier alpha value is -1.40. The second-order valence-electron chi connectivity index (χ2n) is 5.80. The van der Waals surface area contributed by atoms with E-state index < -0.39 is 0 Å². The zero-order valence-corrected chi connectivity index (χ0v) is 14.3. The number of halogens is 1. The van der Waals surface area contributed by atoms with Crippen molar-refractivity contribution in [3.8, 4) is 0 Å². The number of aromatic nitrogens is 3. The van der Waals surface area contributed by atoms with Crippen LogP contribution in [0.4, 0.5) is 5.82 Å². The highest BCUT2D eigenvalue weighted by atomic mass is 35.5. The average Bonchev–Trinajstić information content (AvgIpc) is 3.05. The highest BCUT2D eigenvalue weighted by molar-refractivity contribution is 7.11. The SMILES string of the molecule is CC(C)n1ccc(N(Cc2cnc(C3CC3)s2)C(=O)CCl)n1. The number of nitrogens with zero attached hydrogens (tertiary/aromatic N) is 4. The van der Waals surface area contributed by atoms with Crippen LogP contribution in [0, 0.1) is 0 Å². The first-order valence-corrected chi connectivity index (χ1v) is 8.79. The van der Waals surface area contributed by atoms with Crippen molar-refractivity contribution < 1.29 is 4.79 Å². The van der Waals surface area contributed by atoms with Crippen molar-refractivity contribution in [1.29, 1.82) is 0 Å². The van der Waals surface area contributed by atoms with Gasteiger partial charge in [-0.05, 0) is 26.7 Å². The number of anilines is 1. The highest BCUT2D eigenvalue weighted by Gasteiger charge is 2.27. The molecule has 0 N–H and O–H groups in total. The molecule has 2 heterocycles. The molecule has 1 saturated carbocycles. The van der Waals surface area contributed by atoms with E-state index in [1.54, 1.807) is 16.2 Å². The van der Waals surface area contributed by atoms with Gasteiger partial charge in [0.05, 0.1) is 11.6 Å². The maximum Gasteiger partial charge on any atom is 0.243 e. The van der Waals surface area contributed by atoms with Crippen molar-refractivity contribution in [2.24, 2.45) is 0 Å². The van der Waals surface area contributed by atoms with Gasteiger partial charge in [0, 0.05) is 35.3 Å².